The van der Waals surface area contributed by atoms with E-state index in [2.05, 4.69) is 80.2 Å². The van der Waals surface area contributed by atoms with E-state index in [4.69, 9.17) is 9.47 Å². The normalized spacial score (nSPS) is 24.8. The second-order valence-electron chi connectivity index (χ2n) is 9.09. The van der Waals surface area contributed by atoms with Gasteiger partial charge in [-0.3, -0.25) is 0 Å². The quantitative estimate of drug-likeness (QED) is 0.623. The van der Waals surface area contributed by atoms with E-state index in [-0.39, 0.29) is 5.41 Å². The summed E-state index contributed by atoms with van der Waals surface area (Å²) in [5, 5.41) is 0. The van der Waals surface area contributed by atoms with E-state index in [1.165, 1.54) is 24.0 Å². The van der Waals surface area contributed by atoms with E-state index in [9.17, 15) is 0 Å². The van der Waals surface area contributed by atoms with Crippen LogP contribution in [0.5, 0.6) is 11.5 Å². The lowest BCUT2D eigenvalue weighted by atomic mass is 9.63. The van der Waals surface area contributed by atoms with E-state index >= 15 is 0 Å². The highest BCUT2D eigenvalue weighted by atomic mass is 16.5. The predicted molar refractivity (Wildman–Crippen MR) is 124 cm³/mol. The molecule has 4 nitrogen and oxygen atoms in total. The van der Waals surface area contributed by atoms with Crippen molar-refractivity contribution < 1.29 is 9.47 Å². The van der Waals surface area contributed by atoms with Gasteiger partial charge in [0.1, 0.15) is 0 Å². The highest BCUT2D eigenvalue weighted by Crippen LogP contribution is 2.44. The van der Waals surface area contributed by atoms with Gasteiger partial charge in [0.15, 0.2) is 11.5 Å². The second kappa shape index (κ2) is 9.84. The fraction of sp³-hybridized carbons (Fsp3) is 0.538. The largest absolute Gasteiger partial charge is 0.493 e. The maximum Gasteiger partial charge on any atom is 0.161 e. The van der Waals surface area contributed by atoms with Gasteiger partial charge in [-0.2, -0.15) is 0 Å². The summed E-state index contributed by atoms with van der Waals surface area (Å²) >= 11 is 0. The van der Waals surface area contributed by atoms with Crippen molar-refractivity contribution in [2.24, 2.45) is 5.92 Å². The zero-order chi connectivity index (χ0) is 21.7. The van der Waals surface area contributed by atoms with E-state index in [1.807, 2.05) is 6.07 Å². The Morgan fingerprint density at radius 3 is 2.40 bits per heavy atom. The standard InChI is InChI=1S/C26H38N2O2/c1-20-18-28(4)21(2)17-26(20,23-10-8-7-9-11-23)14-15-27(3)19-22-12-13-24(29-5)25(16-22)30-6/h7-13,16,20-21H,14-15,17-19H2,1-6H3/t20-,21+,26-/m1/s1. The van der Waals surface area contributed by atoms with Crippen LogP contribution in [0.4, 0.5) is 0 Å². The Balaban J connectivity index is 1.75. The fourth-order valence-electron chi connectivity index (χ4n) is 5.10. The van der Waals surface area contributed by atoms with Crippen molar-refractivity contribution >= 4 is 0 Å². The molecule has 0 aromatic heterocycles. The fourth-order valence-corrected chi connectivity index (χ4v) is 5.10. The van der Waals surface area contributed by atoms with Gasteiger partial charge in [0.2, 0.25) is 0 Å². The molecule has 0 bridgehead atoms. The van der Waals surface area contributed by atoms with E-state index in [1.54, 1.807) is 14.2 Å². The molecule has 3 rings (SSSR count). The molecule has 1 aliphatic rings. The monoisotopic (exact) mass is 410 g/mol. The van der Waals surface area contributed by atoms with Gasteiger partial charge < -0.3 is 19.3 Å². The Hall–Kier alpha value is -2.04. The van der Waals surface area contributed by atoms with E-state index in [0.717, 1.165) is 31.1 Å². The summed E-state index contributed by atoms with van der Waals surface area (Å²) in [6, 6.07) is 18.0. The lowest BCUT2D eigenvalue weighted by molar-refractivity contribution is 0.0622. The zero-order valence-corrected chi connectivity index (χ0v) is 19.5. The maximum absolute atomic E-state index is 5.48. The first-order valence-corrected chi connectivity index (χ1v) is 11.0. The molecule has 0 amide bonds. The summed E-state index contributed by atoms with van der Waals surface area (Å²) in [5.74, 6) is 2.19. The third-order valence-corrected chi connectivity index (χ3v) is 7.11. The molecule has 0 unspecified atom stereocenters. The van der Waals surface area contributed by atoms with Gasteiger partial charge in [-0.1, -0.05) is 43.3 Å². The van der Waals surface area contributed by atoms with Crippen LogP contribution in [0.15, 0.2) is 48.5 Å². The topological polar surface area (TPSA) is 24.9 Å². The highest BCUT2D eigenvalue weighted by molar-refractivity contribution is 5.42. The third-order valence-electron chi connectivity index (χ3n) is 7.11. The van der Waals surface area contributed by atoms with Gasteiger partial charge in [-0.25, -0.2) is 0 Å². The minimum Gasteiger partial charge on any atom is -0.493 e. The lowest BCUT2D eigenvalue weighted by Crippen LogP contribution is -2.52. The third kappa shape index (κ3) is 4.81. The Morgan fingerprint density at radius 2 is 1.73 bits per heavy atom. The van der Waals surface area contributed by atoms with Crippen LogP contribution in [0.2, 0.25) is 0 Å². The van der Waals surface area contributed by atoms with Crippen LogP contribution in [0, 0.1) is 5.92 Å². The van der Waals surface area contributed by atoms with Crippen molar-refractivity contribution in [2.75, 3.05) is 41.4 Å². The van der Waals surface area contributed by atoms with Gasteiger partial charge >= 0.3 is 0 Å². The number of hydrogen-bond acceptors (Lipinski definition) is 4. The molecule has 30 heavy (non-hydrogen) atoms. The summed E-state index contributed by atoms with van der Waals surface area (Å²) in [7, 11) is 7.85. The van der Waals surface area contributed by atoms with Crippen molar-refractivity contribution in [1.82, 2.24) is 9.80 Å². The molecule has 0 aliphatic carbocycles. The van der Waals surface area contributed by atoms with Gasteiger partial charge in [0, 0.05) is 24.5 Å². The van der Waals surface area contributed by atoms with Crippen LogP contribution in [-0.4, -0.2) is 57.2 Å². The van der Waals surface area contributed by atoms with Crippen molar-refractivity contribution in [3.8, 4) is 11.5 Å². The van der Waals surface area contributed by atoms with Gasteiger partial charge in [0.25, 0.3) is 0 Å². The minimum absolute atomic E-state index is 0.221. The van der Waals surface area contributed by atoms with E-state index < -0.39 is 0 Å². The SMILES string of the molecule is COc1ccc(CN(C)CC[C@@]2(c3ccccc3)C[C@H](C)N(C)C[C@H]2C)cc1OC. The van der Waals surface area contributed by atoms with Crippen LogP contribution in [-0.2, 0) is 12.0 Å². The Morgan fingerprint density at radius 1 is 1.03 bits per heavy atom. The molecule has 1 saturated heterocycles. The average Bonchev–Trinajstić information content (AvgIpc) is 2.76. The van der Waals surface area contributed by atoms with Gasteiger partial charge in [0.05, 0.1) is 14.2 Å². The maximum atomic E-state index is 5.48. The summed E-state index contributed by atoms with van der Waals surface area (Å²) in [6.45, 7) is 7.91. The first-order valence-electron chi connectivity index (χ1n) is 11.0. The summed E-state index contributed by atoms with van der Waals surface area (Å²) in [4.78, 5) is 4.95. The molecule has 4 heteroatoms. The smallest absolute Gasteiger partial charge is 0.161 e. The number of nitrogens with zero attached hydrogens (tertiary/aromatic N) is 2. The average molecular weight is 411 g/mol. The minimum atomic E-state index is 0.221. The number of rotatable bonds is 8. The van der Waals surface area contributed by atoms with Gasteiger partial charge in [-0.15, -0.1) is 0 Å². The second-order valence-corrected chi connectivity index (χ2v) is 9.09. The Kier molecular flexibility index (Phi) is 7.43. The van der Waals surface area contributed by atoms with Crippen LogP contribution < -0.4 is 9.47 Å². The molecule has 164 valence electrons. The van der Waals surface area contributed by atoms with Crippen LogP contribution in [0.25, 0.3) is 0 Å². The number of benzene rings is 2. The van der Waals surface area contributed by atoms with Crippen molar-refractivity contribution in [1.29, 1.82) is 0 Å². The Bertz CT molecular complexity index is 810. The molecule has 2 aromatic carbocycles. The van der Waals surface area contributed by atoms with Crippen molar-refractivity contribution in [3.63, 3.8) is 0 Å². The number of methoxy groups -OCH3 is 2. The number of ether oxygens (including phenoxy) is 2. The molecule has 0 spiro atoms. The summed E-state index contributed by atoms with van der Waals surface area (Å²) < 4.78 is 10.8. The molecule has 0 radical (unpaired) electrons. The van der Waals surface area contributed by atoms with Crippen LogP contribution >= 0.6 is 0 Å². The lowest BCUT2D eigenvalue weighted by Gasteiger charge is -2.50. The van der Waals surface area contributed by atoms with Crippen molar-refractivity contribution in [2.45, 2.75) is 44.7 Å². The van der Waals surface area contributed by atoms with E-state index in [0.29, 0.717) is 12.0 Å². The number of piperidine rings is 1. The number of hydrogen-bond donors (Lipinski definition) is 0. The molecule has 1 heterocycles. The molecular weight excluding hydrogens is 372 g/mol. The first kappa shape index (κ1) is 22.6. The Labute approximate surface area is 182 Å². The van der Waals surface area contributed by atoms with Crippen LogP contribution in [0.3, 0.4) is 0 Å². The predicted octanol–water partition coefficient (Wildman–Crippen LogP) is 4.82. The summed E-state index contributed by atoms with van der Waals surface area (Å²) in [5.41, 5.74) is 2.96. The highest BCUT2D eigenvalue weighted by Gasteiger charge is 2.43. The molecular formula is C26H38N2O2. The molecule has 0 N–H and O–H groups in total. The zero-order valence-electron chi connectivity index (χ0n) is 19.5. The summed E-state index contributed by atoms with van der Waals surface area (Å²) in [6.07, 6.45) is 2.37. The van der Waals surface area contributed by atoms with Crippen LogP contribution in [0.1, 0.15) is 37.8 Å². The van der Waals surface area contributed by atoms with Gasteiger partial charge in [-0.05, 0) is 69.6 Å². The molecule has 1 aliphatic heterocycles. The molecule has 0 saturated carbocycles. The molecule has 1 fully saturated rings. The van der Waals surface area contributed by atoms with Crippen molar-refractivity contribution in [3.05, 3.63) is 59.7 Å². The molecule has 2 aromatic rings. The molecule has 3 atom stereocenters. The first-order chi connectivity index (χ1) is 14.4. The number of likely N-dealkylation sites (tertiary alicyclic amines) is 1.